The van der Waals surface area contributed by atoms with Crippen LogP contribution in [0, 0.1) is 0 Å². The number of para-hydroxylation sites is 2. The molecule has 4 nitrogen and oxygen atoms in total. The highest BCUT2D eigenvalue weighted by Crippen LogP contribution is 2.19. The van der Waals surface area contributed by atoms with Crippen LogP contribution in [0.15, 0.2) is 61.1 Å². The van der Waals surface area contributed by atoms with Crippen molar-refractivity contribution >= 4 is 16.8 Å². The van der Waals surface area contributed by atoms with Crippen LogP contribution in [0.2, 0.25) is 0 Å². The van der Waals surface area contributed by atoms with Gasteiger partial charge >= 0.3 is 0 Å². The fourth-order valence-corrected chi connectivity index (χ4v) is 2.22. The normalized spacial score (nSPS) is 11.2. The van der Waals surface area contributed by atoms with Crippen LogP contribution in [0.4, 0.5) is 0 Å². The topological polar surface area (TPSA) is 43.1 Å². The molecule has 0 aliphatic rings. The van der Waals surface area contributed by atoms with Crippen molar-refractivity contribution in [3.8, 4) is 11.3 Å². The van der Waals surface area contributed by atoms with Gasteiger partial charge in [-0.25, -0.2) is 9.97 Å². The number of benzene rings is 1. The molecule has 3 aromatic heterocycles. The average molecular weight is 246 g/mol. The molecule has 0 fully saturated rings. The highest BCUT2D eigenvalue weighted by atomic mass is 15.1. The monoisotopic (exact) mass is 246 g/mol. The summed E-state index contributed by atoms with van der Waals surface area (Å²) < 4.78 is 2.00. The van der Waals surface area contributed by atoms with Gasteiger partial charge in [0.25, 0.3) is 0 Å². The third-order valence-electron chi connectivity index (χ3n) is 3.14. The molecule has 0 N–H and O–H groups in total. The lowest BCUT2D eigenvalue weighted by atomic mass is 10.2. The summed E-state index contributed by atoms with van der Waals surface area (Å²) in [5, 5.41) is 0. The molecule has 1 aromatic carbocycles. The van der Waals surface area contributed by atoms with Crippen molar-refractivity contribution in [1.82, 2.24) is 19.4 Å². The second-order valence-electron chi connectivity index (χ2n) is 4.33. The first-order valence-corrected chi connectivity index (χ1v) is 6.06. The predicted molar refractivity (Wildman–Crippen MR) is 73.7 cm³/mol. The number of aromatic nitrogens is 4. The van der Waals surface area contributed by atoms with Crippen LogP contribution in [0.25, 0.3) is 28.1 Å². The van der Waals surface area contributed by atoms with Gasteiger partial charge < -0.3 is 0 Å². The molecular formula is C15H10N4. The molecule has 0 atom stereocenters. The van der Waals surface area contributed by atoms with Crippen molar-refractivity contribution in [3.05, 3.63) is 61.1 Å². The first-order valence-electron chi connectivity index (χ1n) is 6.06. The highest BCUT2D eigenvalue weighted by molar-refractivity contribution is 5.79. The number of nitrogens with zero attached hydrogens (tertiary/aromatic N) is 4. The van der Waals surface area contributed by atoms with Crippen LogP contribution in [0.3, 0.4) is 0 Å². The Labute approximate surface area is 109 Å². The maximum Gasteiger partial charge on any atom is 0.235 e. The predicted octanol–water partition coefficient (Wildman–Crippen LogP) is 2.94. The lowest BCUT2D eigenvalue weighted by Crippen LogP contribution is -1.91. The molecule has 0 spiro atoms. The van der Waals surface area contributed by atoms with Gasteiger partial charge in [-0.2, -0.15) is 0 Å². The van der Waals surface area contributed by atoms with Crippen molar-refractivity contribution in [2.45, 2.75) is 0 Å². The molecule has 4 rings (SSSR count). The zero-order valence-corrected chi connectivity index (χ0v) is 10.1. The number of hydrogen-bond donors (Lipinski definition) is 0. The number of pyridine rings is 1. The second-order valence-corrected chi connectivity index (χ2v) is 4.33. The van der Waals surface area contributed by atoms with Crippen LogP contribution in [-0.4, -0.2) is 19.4 Å². The molecule has 4 aromatic rings. The Balaban J connectivity index is 1.99. The Bertz CT molecular complexity index is 865. The number of rotatable bonds is 1. The molecule has 0 saturated heterocycles. The van der Waals surface area contributed by atoms with E-state index in [2.05, 4.69) is 15.0 Å². The Hall–Kier alpha value is -2.75. The van der Waals surface area contributed by atoms with E-state index < -0.39 is 0 Å². The van der Waals surface area contributed by atoms with Crippen LogP contribution in [-0.2, 0) is 0 Å². The van der Waals surface area contributed by atoms with Crippen LogP contribution in [0.5, 0.6) is 0 Å². The van der Waals surface area contributed by atoms with E-state index in [1.54, 1.807) is 6.20 Å². The molecule has 19 heavy (non-hydrogen) atoms. The van der Waals surface area contributed by atoms with Crippen molar-refractivity contribution in [2.24, 2.45) is 0 Å². The maximum atomic E-state index is 4.59. The van der Waals surface area contributed by atoms with Crippen molar-refractivity contribution in [1.29, 1.82) is 0 Å². The fourth-order valence-electron chi connectivity index (χ4n) is 2.22. The Morgan fingerprint density at radius 3 is 2.74 bits per heavy atom. The molecule has 0 bridgehead atoms. The van der Waals surface area contributed by atoms with E-state index in [9.17, 15) is 0 Å². The lowest BCUT2D eigenvalue weighted by molar-refractivity contribution is 1.13. The maximum absolute atomic E-state index is 4.59. The van der Waals surface area contributed by atoms with Crippen LogP contribution < -0.4 is 0 Å². The zero-order valence-electron chi connectivity index (χ0n) is 10.1. The Morgan fingerprint density at radius 1 is 0.895 bits per heavy atom. The van der Waals surface area contributed by atoms with Gasteiger partial charge in [0.15, 0.2) is 0 Å². The third-order valence-corrected chi connectivity index (χ3v) is 3.14. The smallest absolute Gasteiger partial charge is 0.235 e. The van der Waals surface area contributed by atoms with E-state index in [0.717, 1.165) is 22.3 Å². The second kappa shape index (κ2) is 3.88. The molecule has 0 aliphatic carbocycles. The molecule has 0 saturated carbocycles. The number of imidazole rings is 1. The summed E-state index contributed by atoms with van der Waals surface area (Å²) in [6, 6.07) is 13.9. The molecular weight excluding hydrogens is 236 g/mol. The van der Waals surface area contributed by atoms with Crippen LogP contribution >= 0.6 is 0 Å². The molecule has 0 unspecified atom stereocenters. The molecule has 4 heteroatoms. The molecule has 90 valence electrons. The van der Waals surface area contributed by atoms with Crippen molar-refractivity contribution < 1.29 is 0 Å². The van der Waals surface area contributed by atoms with Crippen LogP contribution in [0.1, 0.15) is 0 Å². The minimum absolute atomic E-state index is 0.711. The largest absolute Gasteiger partial charge is 0.284 e. The van der Waals surface area contributed by atoms with Crippen molar-refractivity contribution in [3.63, 3.8) is 0 Å². The van der Waals surface area contributed by atoms with Gasteiger partial charge in [0.1, 0.15) is 0 Å². The van der Waals surface area contributed by atoms with E-state index in [4.69, 9.17) is 0 Å². The molecule has 0 amide bonds. The average Bonchev–Trinajstić information content (AvgIpc) is 2.86. The van der Waals surface area contributed by atoms with Gasteiger partial charge in [-0.3, -0.25) is 9.38 Å². The Morgan fingerprint density at radius 2 is 1.84 bits per heavy atom. The van der Waals surface area contributed by atoms with Gasteiger partial charge in [0.2, 0.25) is 5.78 Å². The summed E-state index contributed by atoms with van der Waals surface area (Å²) in [4.78, 5) is 13.2. The van der Waals surface area contributed by atoms with E-state index in [0.29, 0.717) is 5.78 Å². The number of fused-ring (bicyclic) bond motifs is 3. The highest BCUT2D eigenvalue weighted by Gasteiger charge is 2.06. The minimum atomic E-state index is 0.711. The van der Waals surface area contributed by atoms with E-state index >= 15 is 0 Å². The summed E-state index contributed by atoms with van der Waals surface area (Å²) in [6.45, 7) is 0. The third kappa shape index (κ3) is 1.57. The van der Waals surface area contributed by atoms with Gasteiger partial charge in [0.05, 0.1) is 16.7 Å². The van der Waals surface area contributed by atoms with Crippen molar-refractivity contribution in [2.75, 3.05) is 0 Å². The van der Waals surface area contributed by atoms with Gasteiger partial charge in [-0.1, -0.05) is 12.1 Å². The van der Waals surface area contributed by atoms with E-state index in [-0.39, 0.29) is 0 Å². The SMILES string of the molecule is c1cncc(-c2ccn3c(n2)nc2ccccc23)c1. The lowest BCUT2D eigenvalue weighted by Gasteiger charge is -2.00. The summed E-state index contributed by atoms with van der Waals surface area (Å²) >= 11 is 0. The van der Waals surface area contributed by atoms with Gasteiger partial charge in [-0.15, -0.1) is 0 Å². The van der Waals surface area contributed by atoms with Gasteiger partial charge in [0, 0.05) is 24.2 Å². The van der Waals surface area contributed by atoms with E-state index in [1.807, 2.05) is 59.3 Å². The Kier molecular flexibility index (Phi) is 2.08. The first kappa shape index (κ1) is 10.2. The standard InChI is InChI=1S/C15H10N4/c1-2-6-14-13(5-1)18-15-17-12(7-9-19(14)15)11-4-3-8-16-10-11/h1-10H. The van der Waals surface area contributed by atoms with Gasteiger partial charge in [-0.05, 0) is 30.3 Å². The fraction of sp³-hybridized carbons (Fsp3) is 0. The van der Waals surface area contributed by atoms with E-state index in [1.165, 1.54) is 0 Å². The summed E-state index contributed by atoms with van der Waals surface area (Å²) in [6.07, 6.45) is 5.56. The molecule has 0 aliphatic heterocycles. The summed E-state index contributed by atoms with van der Waals surface area (Å²) in [5.41, 5.74) is 3.91. The zero-order chi connectivity index (χ0) is 12.7. The molecule has 3 heterocycles. The summed E-state index contributed by atoms with van der Waals surface area (Å²) in [7, 11) is 0. The quantitative estimate of drug-likeness (QED) is 0.518. The molecule has 0 radical (unpaired) electrons. The number of hydrogen-bond acceptors (Lipinski definition) is 3. The minimum Gasteiger partial charge on any atom is -0.284 e. The summed E-state index contributed by atoms with van der Waals surface area (Å²) in [5.74, 6) is 0.711. The first-order chi connectivity index (χ1) is 9.42.